The number of amides is 1. The summed E-state index contributed by atoms with van der Waals surface area (Å²) in [5.41, 5.74) is 3.49. The van der Waals surface area contributed by atoms with Gasteiger partial charge in [-0.2, -0.15) is 10.2 Å². The summed E-state index contributed by atoms with van der Waals surface area (Å²) in [6, 6.07) is 16.7. The van der Waals surface area contributed by atoms with E-state index >= 15 is 0 Å². The molecule has 1 amide bonds. The van der Waals surface area contributed by atoms with Gasteiger partial charge in [0.25, 0.3) is 5.56 Å². The molecule has 4 aromatic rings. The Morgan fingerprint density at radius 3 is 2.44 bits per heavy atom. The van der Waals surface area contributed by atoms with Gasteiger partial charge in [-0.05, 0) is 63.9 Å². The first-order chi connectivity index (χ1) is 16.4. The number of carbonyl (C=O) groups excluding carboxylic acids is 1. The van der Waals surface area contributed by atoms with Crippen molar-refractivity contribution < 1.29 is 9.53 Å². The first-order valence-corrected chi connectivity index (χ1v) is 11.4. The van der Waals surface area contributed by atoms with E-state index in [1.807, 2.05) is 68.4 Å². The molecule has 2 aromatic carbocycles. The van der Waals surface area contributed by atoms with E-state index < -0.39 is 6.04 Å². The van der Waals surface area contributed by atoms with Crippen LogP contribution in [0.25, 0.3) is 16.6 Å². The largest absolute Gasteiger partial charge is 0.494 e. The number of benzene rings is 2. The van der Waals surface area contributed by atoms with Crippen LogP contribution in [0.4, 0.5) is 0 Å². The number of nitrogens with zero attached hydrogens (tertiary/aromatic N) is 4. The Bertz CT molecular complexity index is 1360. The summed E-state index contributed by atoms with van der Waals surface area (Å²) < 4.78 is 8.46. The number of aromatic nitrogens is 4. The van der Waals surface area contributed by atoms with Gasteiger partial charge in [0.2, 0.25) is 5.91 Å². The first kappa shape index (κ1) is 23.2. The molecule has 0 radical (unpaired) electrons. The van der Waals surface area contributed by atoms with Crippen LogP contribution in [-0.2, 0) is 11.2 Å². The molecule has 2 heterocycles. The number of fused-ring (bicyclic) bond motifs is 1. The van der Waals surface area contributed by atoms with E-state index in [0.29, 0.717) is 41.9 Å². The van der Waals surface area contributed by atoms with Gasteiger partial charge in [0, 0.05) is 6.54 Å². The minimum Gasteiger partial charge on any atom is -0.494 e. The summed E-state index contributed by atoms with van der Waals surface area (Å²) in [4.78, 5) is 26.2. The summed E-state index contributed by atoms with van der Waals surface area (Å²) in [6.45, 7) is 8.37. The second-order valence-electron chi connectivity index (χ2n) is 8.19. The lowest BCUT2D eigenvalue weighted by Crippen LogP contribution is -2.38. The third kappa shape index (κ3) is 4.57. The maximum Gasteiger partial charge on any atom is 0.278 e. The van der Waals surface area contributed by atoms with Crippen molar-refractivity contribution in [3.05, 3.63) is 81.9 Å². The fraction of sp³-hybridized carbons (Fsp3) is 0.308. The van der Waals surface area contributed by atoms with Gasteiger partial charge in [-0.1, -0.05) is 30.3 Å². The van der Waals surface area contributed by atoms with Gasteiger partial charge >= 0.3 is 0 Å². The van der Waals surface area contributed by atoms with E-state index in [1.165, 1.54) is 4.68 Å². The molecule has 8 nitrogen and oxygen atoms in total. The van der Waals surface area contributed by atoms with Crippen molar-refractivity contribution in [2.75, 3.05) is 13.2 Å². The van der Waals surface area contributed by atoms with Gasteiger partial charge in [0.15, 0.2) is 0 Å². The number of nitrogens with one attached hydrogen (secondary N) is 1. The molecule has 1 N–H and O–H groups in total. The van der Waals surface area contributed by atoms with Gasteiger partial charge in [0.05, 0.1) is 29.1 Å². The first-order valence-electron chi connectivity index (χ1n) is 11.4. The molecule has 0 fully saturated rings. The van der Waals surface area contributed by atoms with E-state index in [1.54, 1.807) is 18.5 Å². The minimum atomic E-state index is -0.754. The SMILES string of the molecule is CCOc1ccc(CCNC(=O)[C@@H](C)n2nc(C)c3nn(-c4ccccc4)c(C)c3c2=O)cc1. The molecule has 0 saturated heterocycles. The zero-order valence-electron chi connectivity index (χ0n) is 19.9. The lowest BCUT2D eigenvalue weighted by Gasteiger charge is -2.15. The van der Waals surface area contributed by atoms with E-state index in [9.17, 15) is 9.59 Å². The maximum atomic E-state index is 13.3. The van der Waals surface area contributed by atoms with Crippen molar-refractivity contribution in [3.8, 4) is 11.4 Å². The van der Waals surface area contributed by atoms with E-state index in [0.717, 1.165) is 17.0 Å². The number of para-hydroxylation sites is 1. The fourth-order valence-corrected chi connectivity index (χ4v) is 3.97. The minimum absolute atomic E-state index is 0.257. The lowest BCUT2D eigenvalue weighted by molar-refractivity contribution is -0.124. The van der Waals surface area contributed by atoms with Crippen LogP contribution in [0.5, 0.6) is 5.75 Å². The zero-order valence-corrected chi connectivity index (χ0v) is 19.9. The molecule has 0 bridgehead atoms. The topological polar surface area (TPSA) is 91.0 Å². The average Bonchev–Trinajstić information content (AvgIpc) is 3.20. The molecule has 2 aromatic heterocycles. The number of carbonyl (C=O) groups is 1. The van der Waals surface area contributed by atoms with E-state index in [2.05, 4.69) is 15.5 Å². The zero-order chi connectivity index (χ0) is 24.2. The molecule has 0 spiro atoms. The quantitative estimate of drug-likeness (QED) is 0.435. The number of hydrogen-bond donors (Lipinski definition) is 1. The van der Waals surface area contributed by atoms with Crippen molar-refractivity contribution in [2.45, 2.75) is 40.2 Å². The third-order valence-electron chi connectivity index (χ3n) is 5.83. The predicted octanol–water partition coefficient (Wildman–Crippen LogP) is 3.52. The van der Waals surface area contributed by atoms with Gasteiger partial charge in [-0.3, -0.25) is 9.59 Å². The molecular weight excluding hydrogens is 430 g/mol. The Morgan fingerprint density at radius 1 is 1.06 bits per heavy atom. The van der Waals surface area contributed by atoms with Crippen molar-refractivity contribution >= 4 is 16.8 Å². The highest BCUT2D eigenvalue weighted by molar-refractivity contribution is 5.84. The number of ether oxygens (including phenoxy) is 1. The Morgan fingerprint density at radius 2 is 1.76 bits per heavy atom. The summed E-state index contributed by atoms with van der Waals surface area (Å²) in [5, 5.41) is 12.4. The van der Waals surface area contributed by atoms with Crippen LogP contribution in [0.3, 0.4) is 0 Å². The summed E-state index contributed by atoms with van der Waals surface area (Å²) >= 11 is 0. The molecule has 0 unspecified atom stereocenters. The maximum absolute atomic E-state index is 13.3. The molecule has 4 rings (SSSR count). The van der Waals surface area contributed by atoms with Crippen LogP contribution in [0, 0.1) is 13.8 Å². The Kier molecular flexibility index (Phi) is 6.77. The monoisotopic (exact) mass is 459 g/mol. The van der Waals surface area contributed by atoms with Gasteiger partial charge in [-0.25, -0.2) is 9.36 Å². The molecule has 8 heteroatoms. The van der Waals surface area contributed by atoms with Crippen molar-refractivity contribution in [2.24, 2.45) is 0 Å². The molecule has 0 aliphatic rings. The Labute approximate surface area is 198 Å². The molecule has 0 saturated carbocycles. The number of hydrogen-bond acceptors (Lipinski definition) is 5. The molecule has 34 heavy (non-hydrogen) atoms. The highest BCUT2D eigenvalue weighted by atomic mass is 16.5. The summed E-state index contributed by atoms with van der Waals surface area (Å²) in [7, 11) is 0. The van der Waals surface area contributed by atoms with Gasteiger partial charge in [-0.15, -0.1) is 0 Å². The van der Waals surface area contributed by atoms with Crippen LogP contribution in [0.15, 0.2) is 59.4 Å². The summed E-state index contributed by atoms with van der Waals surface area (Å²) in [5.74, 6) is 0.568. The van der Waals surface area contributed by atoms with Crippen LogP contribution in [0.2, 0.25) is 0 Å². The summed E-state index contributed by atoms with van der Waals surface area (Å²) in [6.07, 6.45) is 0.675. The van der Waals surface area contributed by atoms with E-state index in [4.69, 9.17) is 4.74 Å². The molecular formula is C26H29N5O3. The van der Waals surface area contributed by atoms with Crippen LogP contribution >= 0.6 is 0 Å². The van der Waals surface area contributed by atoms with Crippen molar-refractivity contribution in [3.63, 3.8) is 0 Å². The van der Waals surface area contributed by atoms with Gasteiger partial charge < -0.3 is 10.1 Å². The second-order valence-corrected chi connectivity index (χ2v) is 8.19. The lowest BCUT2D eigenvalue weighted by atomic mass is 10.1. The van der Waals surface area contributed by atoms with Crippen LogP contribution in [0.1, 0.15) is 36.8 Å². The Hall–Kier alpha value is -3.94. The predicted molar refractivity (Wildman–Crippen MR) is 132 cm³/mol. The van der Waals surface area contributed by atoms with Crippen molar-refractivity contribution in [1.82, 2.24) is 24.9 Å². The molecule has 176 valence electrons. The second kappa shape index (κ2) is 9.91. The van der Waals surface area contributed by atoms with Crippen LogP contribution < -0.4 is 15.6 Å². The van der Waals surface area contributed by atoms with Crippen LogP contribution in [-0.4, -0.2) is 38.6 Å². The third-order valence-corrected chi connectivity index (χ3v) is 5.83. The molecule has 0 aliphatic heterocycles. The highest BCUT2D eigenvalue weighted by Crippen LogP contribution is 2.20. The Balaban J connectivity index is 1.52. The number of rotatable bonds is 8. The normalized spacial score (nSPS) is 12.0. The van der Waals surface area contributed by atoms with Gasteiger partial charge in [0.1, 0.15) is 17.3 Å². The highest BCUT2D eigenvalue weighted by Gasteiger charge is 2.23. The average molecular weight is 460 g/mol. The molecule has 1 atom stereocenters. The standard InChI is InChI=1S/C26H29N5O3/c1-5-34-22-13-11-20(12-14-22)15-16-27-25(32)19(4)31-26(33)23-18(3)30(21-9-7-6-8-10-21)29-24(23)17(2)28-31/h6-14,19H,5,15-16H2,1-4H3,(H,27,32)/t19-/m1/s1. The fourth-order valence-electron chi connectivity index (χ4n) is 3.97. The smallest absolute Gasteiger partial charge is 0.278 e. The molecule has 0 aliphatic carbocycles. The number of aryl methyl sites for hydroxylation is 2. The van der Waals surface area contributed by atoms with Crippen molar-refractivity contribution in [1.29, 1.82) is 0 Å². The van der Waals surface area contributed by atoms with E-state index in [-0.39, 0.29) is 11.5 Å².